The van der Waals surface area contributed by atoms with Crippen molar-refractivity contribution in [1.29, 1.82) is 0 Å². The third-order valence-electron chi connectivity index (χ3n) is 3.60. The average molecular weight is 270 g/mol. The second-order valence-corrected chi connectivity index (χ2v) is 5.04. The van der Waals surface area contributed by atoms with Crippen LogP contribution in [0.1, 0.15) is 12.0 Å². The van der Waals surface area contributed by atoms with Crippen LogP contribution < -0.4 is 0 Å². The molecule has 1 atom stereocenters. The number of nitrogens with zero attached hydrogens (tertiary/aromatic N) is 2. The highest BCUT2D eigenvalue weighted by Gasteiger charge is 2.33. The van der Waals surface area contributed by atoms with E-state index in [1.54, 1.807) is 11.1 Å². The number of hydrogen-bond acceptors (Lipinski definition) is 3. The minimum atomic E-state index is -0.899. The van der Waals surface area contributed by atoms with Gasteiger partial charge in [0.25, 0.3) is 0 Å². The van der Waals surface area contributed by atoms with Gasteiger partial charge in [0, 0.05) is 31.1 Å². The number of rotatable bonds is 3. The van der Waals surface area contributed by atoms with Crippen LogP contribution >= 0.6 is 0 Å². The average Bonchev–Trinajstić information content (AvgIpc) is 2.80. The van der Waals surface area contributed by atoms with E-state index in [-0.39, 0.29) is 12.3 Å². The quantitative estimate of drug-likeness (QED) is 0.921. The predicted octanol–water partition coefficient (Wildman–Crippen LogP) is 1.67. The molecule has 102 valence electrons. The zero-order chi connectivity index (χ0) is 14.1. The van der Waals surface area contributed by atoms with Crippen molar-refractivity contribution < 1.29 is 14.7 Å². The summed E-state index contributed by atoms with van der Waals surface area (Å²) in [7, 11) is 0. The number of benzene rings is 1. The van der Waals surface area contributed by atoms with Crippen molar-refractivity contribution in [3.8, 4) is 0 Å². The molecule has 0 bridgehead atoms. The Morgan fingerprint density at radius 3 is 3.00 bits per heavy atom. The maximum atomic E-state index is 11.8. The van der Waals surface area contributed by atoms with E-state index >= 15 is 0 Å². The maximum Gasteiger partial charge on any atom is 0.308 e. The Balaban J connectivity index is 1.79. The first-order valence-electron chi connectivity index (χ1n) is 6.48. The van der Waals surface area contributed by atoms with E-state index in [0.717, 1.165) is 16.5 Å². The zero-order valence-corrected chi connectivity index (χ0v) is 10.8. The number of pyridine rings is 1. The molecule has 1 aliphatic heterocycles. The van der Waals surface area contributed by atoms with Crippen molar-refractivity contribution in [2.24, 2.45) is 5.92 Å². The fraction of sp³-hybridized carbons (Fsp3) is 0.267. The second-order valence-electron chi connectivity index (χ2n) is 5.04. The van der Waals surface area contributed by atoms with E-state index in [9.17, 15) is 9.59 Å². The van der Waals surface area contributed by atoms with Crippen molar-refractivity contribution in [3.63, 3.8) is 0 Å². The molecule has 1 unspecified atom stereocenters. The second kappa shape index (κ2) is 4.92. The lowest BCUT2D eigenvalue weighted by Gasteiger charge is -2.16. The molecule has 1 fully saturated rings. The van der Waals surface area contributed by atoms with Gasteiger partial charge in [0.2, 0.25) is 5.91 Å². The van der Waals surface area contributed by atoms with E-state index in [0.29, 0.717) is 13.1 Å². The van der Waals surface area contributed by atoms with Crippen LogP contribution in [0.4, 0.5) is 0 Å². The third-order valence-corrected chi connectivity index (χ3v) is 3.60. The normalized spacial score (nSPS) is 18.7. The van der Waals surface area contributed by atoms with Gasteiger partial charge in [0.1, 0.15) is 0 Å². The highest BCUT2D eigenvalue weighted by atomic mass is 16.4. The smallest absolute Gasteiger partial charge is 0.308 e. The van der Waals surface area contributed by atoms with Crippen LogP contribution in [-0.2, 0) is 16.1 Å². The molecule has 1 amide bonds. The number of aliphatic carboxylic acids is 1. The van der Waals surface area contributed by atoms with Crippen LogP contribution in [0.25, 0.3) is 10.9 Å². The summed E-state index contributed by atoms with van der Waals surface area (Å²) in [6.07, 6.45) is 1.84. The minimum Gasteiger partial charge on any atom is -0.481 e. The predicted molar refractivity (Wildman–Crippen MR) is 72.9 cm³/mol. The van der Waals surface area contributed by atoms with Crippen molar-refractivity contribution >= 4 is 22.8 Å². The Kier molecular flexibility index (Phi) is 3.10. The van der Waals surface area contributed by atoms with Gasteiger partial charge in [-0.2, -0.15) is 0 Å². The number of amides is 1. The molecule has 3 rings (SSSR count). The molecule has 1 saturated heterocycles. The monoisotopic (exact) mass is 270 g/mol. The van der Waals surface area contributed by atoms with Crippen LogP contribution in [0.5, 0.6) is 0 Å². The maximum absolute atomic E-state index is 11.8. The Labute approximate surface area is 115 Å². The van der Waals surface area contributed by atoms with Gasteiger partial charge in [-0.15, -0.1) is 0 Å². The highest BCUT2D eigenvalue weighted by molar-refractivity contribution is 5.86. The third kappa shape index (κ3) is 2.34. The van der Waals surface area contributed by atoms with Gasteiger partial charge in [-0.1, -0.05) is 12.1 Å². The van der Waals surface area contributed by atoms with Gasteiger partial charge in [-0.3, -0.25) is 14.6 Å². The van der Waals surface area contributed by atoms with Crippen molar-refractivity contribution in [3.05, 3.63) is 42.1 Å². The SMILES string of the molecule is O=C(O)C1CC(=O)N(Cc2ccc3ncccc3c2)C1. The summed E-state index contributed by atoms with van der Waals surface area (Å²) < 4.78 is 0. The zero-order valence-electron chi connectivity index (χ0n) is 10.8. The van der Waals surface area contributed by atoms with E-state index < -0.39 is 11.9 Å². The fourth-order valence-electron chi connectivity index (χ4n) is 2.53. The molecule has 5 heteroatoms. The molecule has 20 heavy (non-hydrogen) atoms. The van der Waals surface area contributed by atoms with E-state index in [2.05, 4.69) is 4.98 Å². The topological polar surface area (TPSA) is 70.5 Å². The van der Waals surface area contributed by atoms with Crippen LogP contribution in [-0.4, -0.2) is 33.4 Å². The van der Waals surface area contributed by atoms with Gasteiger partial charge in [0.15, 0.2) is 0 Å². The molecule has 0 spiro atoms. The molecule has 1 aromatic carbocycles. The number of fused-ring (bicyclic) bond motifs is 1. The summed E-state index contributed by atoms with van der Waals surface area (Å²) in [5.41, 5.74) is 1.90. The van der Waals surface area contributed by atoms with Crippen LogP contribution in [0.15, 0.2) is 36.5 Å². The van der Waals surface area contributed by atoms with Crippen LogP contribution in [0, 0.1) is 5.92 Å². The van der Waals surface area contributed by atoms with Crippen molar-refractivity contribution in [2.75, 3.05) is 6.54 Å². The molecule has 0 saturated carbocycles. The number of carboxylic acid groups (broad SMARTS) is 1. The molecule has 5 nitrogen and oxygen atoms in total. The summed E-state index contributed by atoms with van der Waals surface area (Å²) in [4.78, 5) is 28.6. The molecular weight excluding hydrogens is 256 g/mol. The number of carbonyl (C=O) groups excluding carboxylic acids is 1. The molecule has 2 heterocycles. The Morgan fingerprint density at radius 2 is 2.25 bits per heavy atom. The minimum absolute atomic E-state index is 0.0938. The summed E-state index contributed by atoms with van der Waals surface area (Å²) >= 11 is 0. The van der Waals surface area contributed by atoms with Gasteiger partial charge in [-0.25, -0.2) is 0 Å². The Hall–Kier alpha value is -2.43. The molecule has 0 aliphatic carbocycles. The Morgan fingerprint density at radius 1 is 1.40 bits per heavy atom. The first kappa shape index (κ1) is 12.6. The number of carbonyl (C=O) groups is 2. The lowest BCUT2D eigenvalue weighted by Crippen LogP contribution is -2.25. The molecular formula is C15H14N2O3. The molecule has 1 aromatic heterocycles. The fourth-order valence-corrected chi connectivity index (χ4v) is 2.53. The van der Waals surface area contributed by atoms with Gasteiger partial charge in [-0.05, 0) is 23.8 Å². The number of hydrogen-bond donors (Lipinski definition) is 1. The molecule has 2 aromatic rings. The number of likely N-dealkylation sites (tertiary alicyclic amines) is 1. The van der Waals surface area contributed by atoms with Gasteiger partial charge < -0.3 is 10.0 Å². The number of carboxylic acids is 1. The summed E-state index contributed by atoms with van der Waals surface area (Å²) in [6.45, 7) is 0.743. The van der Waals surface area contributed by atoms with Gasteiger partial charge in [0.05, 0.1) is 11.4 Å². The van der Waals surface area contributed by atoms with E-state index in [1.165, 1.54) is 0 Å². The van der Waals surface area contributed by atoms with Crippen LogP contribution in [0.3, 0.4) is 0 Å². The van der Waals surface area contributed by atoms with Crippen molar-refractivity contribution in [1.82, 2.24) is 9.88 Å². The molecule has 1 N–H and O–H groups in total. The van der Waals surface area contributed by atoms with E-state index in [1.807, 2.05) is 30.3 Å². The molecule has 0 radical (unpaired) electrons. The summed E-state index contributed by atoms with van der Waals surface area (Å²) in [5, 5.41) is 9.99. The molecule has 1 aliphatic rings. The highest BCUT2D eigenvalue weighted by Crippen LogP contribution is 2.21. The van der Waals surface area contributed by atoms with E-state index in [4.69, 9.17) is 5.11 Å². The first-order valence-corrected chi connectivity index (χ1v) is 6.48. The lowest BCUT2D eigenvalue weighted by atomic mass is 10.1. The van der Waals surface area contributed by atoms with Crippen LogP contribution in [0.2, 0.25) is 0 Å². The lowest BCUT2D eigenvalue weighted by molar-refractivity contribution is -0.141. The first-order chi connectivity index (χ1) is 9.63. The van der Waals surface area contributed by atoms with Crippen molar-refractivity contribution in [2.45, 2.75) is 13.0 Å². The Bertz CT molecular complexity index is 684. The van der Waals surface area contributed by atoms with Gasteiger partial charge >= 0.3 is 5.97 Å². The summed E-state index contributed by atoms with van der Waals surface area (Å²) in [5.74, 6) is -1.57. The summed E-state index contributed by atoms with van der Waals surface area (Å²) in [6, 6.07) is 9.67. The standard InChI is InChI=1S/C15H14N2O3/c18-14-7-12(15(19)20)9-17(14)8-10-3-4-13-11(6-10)2-1-5-16-13/h1-6,12H,7-9H2,(H,19,20). The number of aromatic nitrogens is 1. The largest absolute Gasteiger partial charge is 0.481 e.